The third-order valence-corrected chi connectivity index (χ3v) is 7.67. The van der Waals surface area contributed by atoms with Gasteiger partial charge in [-0.3, -0.25) is 9.59 Å². The van der Waals surface area contributed by atoms with E-state index in [1.54, 1.807) is 4.90 Å². The summed E-state index contributed by atoms with van der Waals surface area (Å²) in [5.41, 5.74) is 3.32. The van der Waals surface area contributed by atoms with E-state index in [1.807, 2.05) is 49.4 Å². The van der Waals surface area contributed by atoms with Crippen LogP contribution in [0.25, 0.3) is 33.1 Å². The number of halogens is 1. The number of hydrogen-bond donors (Lipinski definition) is 0. The SMILES string of the molecule is CCCCN1C(=O)C(=c2sc3nc(-c4oc5ccccc5c4C)nn3c2=O)c2cc(Br)ccc21. The topological polar surface area (TPSA) is 80.7 Å². The van der Waals surface area contributed by atoms with Crippen LogP contribution in [0.5, 0.6) is 0 Å². The minimum absolute atomic E-state index is 0.156. The molecule has 7 nitrogen and oxygen atoms in total. The molecule has 34 heavy (non-hydrogen) atoms. The highest BCUT2D eigenvalue weighted by atomic mass is 79.9. The number of carbonyl (C=O) groups is 1. The molecule has 9 heteroatoms. The zero-order valence-corrected chi connectivity index (χ0v) is 20.9. The van der Waals surface area contributed by atoms with Crippen LogP contribution in [-0.2, 0) is 4.79 Å². The van der Waals surface area contributed by atoms with E-state index in [0.717, 1.165) is 45.1 Å². The normalized spacial score (nSPS) is 15.1. The van der Waals surface area contributed by atoms with Gasteiger partial charge in [0.1, 0.15) is 10.1 Å². The van der Waals surface area contributed by atoms with E-state index in [4.69, 9.17) is 4.42 Å². The molecule has 0 spiro atoms. The fourth-order valence-electron chi connectivity index (χ4n) is 4.43. The average molecular weight is 535 g/mol. The van der Waals surface area contributed by atoms with Crippen molar-refractivity contribution in [1.82, 2.24) is 14.6 Å². The van der Waals surface area contributed by atoms with E-state index in [0.29, 0.717) is 33.2 Å². The fraction of sp³-hybridized carbons (Fsp3) is 0.200. The van der Waals surface area contributed by atoms with Gasteiger partial charge in [0, 0.05) is 27.5 Å². The van der Waals surface area contributed by atoms with Gasteiger partial charge in [0.2, 0.25) is 10.8 Å². The van der Waals surface area contributed by atoms with E-state index in [2.05, 4.69) is 32.9 Å². The van der Waals surface area contributed by atoms with Gasteiger partial charge in [0.15, 0.2) is 5.76 Å². The van der Waals surface area contributed by atoms with Crippen LogP contribution in [0.3, 0.4) is 0 Å². The van der Waals surface area contributed by atoms with E-state index in [1.165, 1.54) is 15.9 Å². The largest absolute Gasteiger partial charge is 0.452 e. The molecule has 0 N–H and O–H groups in total. The monoisotopic (exact) mass is 534 g/mol. The maximum Gasteiger partial charge on any atom is 0.291 e. The van der Waals surface area contributed by atoms with Gasteiger partial charge < -0.3 is 9.32 Å². The molecule has 0 unspecified atom stereocenters. The summed E-state index contributed by atoms with van der Waals surface area (Å²) in [6.07, 6.45) is 1.85. The summed E-state index contributed by atoms with van der Waals surface area (Å²) in [6.45, 7) is 4.65. The zero-order valence-electron chi connectivity index (χ0n) is 18.5. The number of furan rings is 1. The number of carbonyl (C=O) groups excluding carboxylic acids is 1. The lowest BCUT2D eigenvalue weighted by atomic mass is 10.1. The second kappa shape index (κ2) is 7.89. The van der Waals surface area contributed by atoms with Gasteiger partial charge in [-0.05, 0) is 37.6 Å². The third kappa shape index (κ3) is 3.07. The van der Waals surface area contributed by atoms with E-state index in [9.17, 15) is 9.59 Å². The predicted octanol–water partition coefficient (Wildman–Crippen LogP) is 4.70. The molecule has 2 aromatic carbocycles. The molecule has 3 aromatic heterocycles. The van der Waals surface area contributed by atoms with Gasteiger partial charge >= 0.3 is 0 Å². The lowest BCUT2D eigenvalue weighted by Crippen LogP contribution is -2.33. The van der Waals surface area contributed by atoms with Crippen LogP contribution in [0.2, 0.25) is 0 Å². The van der Waals surface area contributed by atoms with Crippen molar-refractivity contribution in [3.05, 3.63) is 73.0 Å². The Balaban J connectivity index is 1.54. The number of anilines is 1. The minimum atomic E-state index is -0.348. The van der Waals surface area contributed by atoms with Crippen LogP contribution in [0.1, 0.15) is 30.9 Å². The van der Waals surface area contributed by atoms with Crippen molar-refractivity contribution in [2.45, 2.75) is 26.7 Å². The lowest BCUT2D eigenvalue weighted by Gasteiger charge is -2.16. The van der Waals surface area contributed by atoms with E-state index in [-0.39, 0.29) is 11.5 Å². The van der Waals surface area contributed by atoms with Crippen LogP contribution >= 0.6 is 27.3 Å². The third-order valence-electron chi connectivity index (χ3n) is 6.14. The molecule has 1 aliphatic rings. The van der Waals surface area contributed by atoms with Crippen LogP contribution < -0.4 is 15.0 Å². The maximum atomic E-state index is 13.4. The van der Waals surface area contributed by atoms with Crippen molar-refractivity contribution in [3.63, 3.8) is 0 Å². The first-order valence-electron chi connectivity index (χ1n) is 11.0. The predicted molar refractivity (Wildman–Crippen MR) is 136 cm³/mol. The second-order valence-corrected chi connectivity index (χ2v) is 10.2. The van der Waals surface area contributed by atoms with Gasteiger partial charge in [-0.1, -0.05) is 58.8 Å². The Morgan fingerprint density at radius 3 is 2.74 bits per heavy atom. The van der Waals surface area contributed by atoms with Gasteiger partial charge in [0.25, 0.3) is 11.5 Å². The number of aromatic nitrogens is 3. The Labute approximate surface area is 206 Å². The highest BCUT2D eigenvalue weighted by Gasteiger charge is 2.34. The molecule has 0 bridgehead atoms. The average Bonchev–Trinajstić information content (AvgIpc) is 3.54. The fourth-order valence-corrected chi connectivity index (χ4v) is 5.79. The van der Waals surface area contributed by atoms with Crippen molar-refractivity contribution in [3.8, 4) is 11.6 Å². The first-order valence-corrected chi connectivity index (χ1v) is 12.6. The van der Waals surface area contributed by atoms with Crippen molar-refractivity contribution >= 4 is 60.4 Å². The molecule has 6 rings (SSSR count). The number of hydrogen-bond acceptors (Lipinski definition) is 6. The quantitative estimate of drug-likeness (QED) is 0.333. The van der Waals surface area contributed by atoms with Gasteiger partial charge in [0.05, 0.1) is 11.3 Å². The Morgan fingerprint density at radius 2 is 1.97 bits per heavy atom. The Morgan fingerprint density at radius 1 is 1.15 bits per heavy atom. The Kier molecular flexibility index (Phi) is 4.93. The zero-order chi connectivity index (χ0) is 23.6. The van der Waals surface area contributed by atoms with Crippen molar-refractivity contribution in [2.24, 2.45) is 0 Å². The molecule has 0 radical (unpaired) electrons. The summed E-state index contributed by atoms with van der Waals surface area (Å²) in [4.78, 5) is 33.6. The highest BCUT2D eigenvalue weighted by Crippen LogP contribution is 2.37. The van der Waals surface area contributed by atoms with Crippen molar-refractivity contribution in [2.75, 3.05) is 11.4 Å². The molecule has 5 aromatic rings. The number of benzene rings is 2. The number of rotatable bonds is 4. The standard InChI is InChI=1S/C25H19BrN4O3S/c1-3-4-11-29-17-10-9-14(26)12-16(17)19(23(29)31)21-24(32)30-25(34-21)27-22(28-30)20-13(2)15-7-5-6-8-18(15)33-20/h5-10,12H,3-4,11H2,1-2H3. The molecular formula is C25H19BrN4O3S. The number of thiazole rings is 1. The van der Waals surface area contributed by atoms with Crippen LogP contribution in [0.4, 0.5) is 5.69 Å². The smallest absolute Gasteiger partial charge is 0.291 e. The van der Waals surface area contributed by atoms with E-state index < -0.39 is 0 Å². The number of nitrogens with zero attached hydrogens (tertiary/aromatic N) is 4. The number of para-hydroxylation sites is 1. The molecule has 170 valence electrons. The number of unbranched alkanes of at least 4 members (excludes halogenated alkanes) is 1. The summed E-state index contributed by atoms with van der Waals surface area (Å²) in [7, 11) is 0. The Hall–Kier alpha value is -3.30. The Bertz CT molecular complexity index is 1730. The minimum Gasteiger partial charge on any atom is -0.452 e. The molecule has 4 heterocycles. The first kappa shape index (κ1) is 21.2. The number of amides is 1. The molecule has 1 aliphatic heterocycles. The van der Waals surface area contributed by atoms with Crippen molar-refractivity contribution < 1.29 is 9.21 Å². The summed E-state index contributed by atoms with van der Waals surface area (Å²) in [5.74, 6) is 0.748. The molecule has 0 fully saturated rings. The van der Waals surface area contributed by atoms with Gasteiger partial charge in [-0.2, -0.15) is 9.50 Å². The van der Waals surface area contributed by atoms with Crippen LogP contribution in [0, 0.1) is 6.92 Å². The molecule has 0 aliphatic carbocycles. The van der Waals surface area contributed by atoms with E-state index >= 15 is 0 Å². The number of fused-ring (bicyclic) bond motifs is 3. The summed E-state index contributed by atoms with van der Waals surface area (Å²) < 4.78 is 8.45. The lowest BCUT2D eigenvalue weighted by molar-refractivity contribution is -0.113. The maximum absolute atomic E-state index is 13.4. The number of aryl methyl sites for hydroxylation is 1. The second-order valence-electron chi connectivity index (χ2n) is 8.27. The summed E-state index contributed by atoms with van der Waals surface area (Å²) in [6, 6.07) is 13.5. The highest BCUT2D eigenvalue weighted by molar-refractivity contribution is 9.10. The van der Waals surface area contributed by atoms with Crippen molar-refractivity contribution in [1.29, 1.82) is 0 Å². The van der Waals surface area contributed by atoms with Crippen LogP contribution in [-0.4, -0.2) is 27.0 Å². The summed E-state index contributed by atoms with van der Waals surface area (Å²) >= 11 is 4.69. The first-order chi connectivity index (χ1) is 16.5. The van der Waals surface area contributed by atoms with Gasteiger partial charge in [-0.25, -0.2) is 0 Å². The molecule has 0 saturated heterocycles. The van der Waals surface area contributed by atoms with Crippen LogP contribution in [0.15, 0.2) is 56.1 Å². The molecule has 1 amide bonds. The summed E-state index contributed by atoms with van der Waals surface area (Å²) in [5, 5.41) is 5.45. The van der Waals surface area contributed by atoms with Gasteiger partial charge in [-0.15, -0.1) is 5.10 Å². The molecule has 0 atom stereocenters. The molecular weight excluding hydrogens is 516 g/mol. The molecule has 0 saturated carbocycles.